The SMILES string of the molecule is CCC1CNCCC12CCOC2. The first kappa shape index (κ1) is 8.52. The van der Waals surface area contributed by atoms with Gasteiger partial charge in [0.15, 0.2) is 0 Å². The van der Waals surface area contributed by atoms with Crippen molar-refractivity contribution in [1.82, 2.24) is 5.32 Å². The predicted octanol–water partition coefficient (Wildman–Crippen LogP) is 1.41. The van der Waals surface area contributed by atoms with Gasteiger partial charge in [-0.05, 0) is 31.8 Å². The summed E-state index contributed by atoms with van der Waals surface area (Å²) in [6.07, 6.45) is 3.93. The van der Waals surface area contributed by atoms with Gasteiger partial charge in [0.2, 0.25) is 0 Å². The number of piperidine rings is 1. The second kappa shape index (κ2) is 3.35. The fourth-order valence-electron chi connectivity index (χ4n) is 2.75. The second-order valence-electron chi connectivity index (χ2n) is 4.22. The maximum absolute atomic E-state index is 5.54. The largest absolute Gasteiger partial charge is 0.381 e. The molecule has 2 unspecified atom stereocenters. The van der Waals surface area contributed by atoms with Gasteiger partial charge in [-0.15, -0.1) is 0 Å². The molecule has 2 heterocycles. The van der Waals surface area contributed by atoms with Crippen LogP contribution in [-0.2, 0) is 4.74 Å². The fraction of sp³-hybridized carbons (Fsp3) is 1.00. The Morgan fingerprint density at radius 2 is 2.42 bits per heavy atom. The van der Waals surface area contributed by atoms with E-state index in [1.807, 2.05) is 0 Å². The van der Waals surface area contributed by atoms with Gasteiger partial charge >= 0.3 is 0 Å². The van der Waals surface area contributed by atoms with E-state index in [0.717, 1.165) is 19.1 Å². The minimum absolute atomic E-state index is 0.556. The highest BCUT2D eigenvalue weighted by Gasteiger charge is 2.42. The maximum atomic E-state index is 5.54. The molecule has 0 radical (unpaired) electrons. The lowest BCUT2D eigenvalue weighted by atomic mass is 9.69. The molecule has 2 rings (SSSR count). The molecule has 0 amide bonds. The van der Waals surface area contributed by atoms with Crippen molar-refractivity contribution in [2.75, 3.05) is 26.3 Å². The number of hydrogen-bond acceptors (Lipinski definition) is 2. The molecular formula is C10H19NO. The van der Waals surface area contributed by atoms with Crippen LogP contribution in [0.25, 0.3) is 0 Å². The summed E-state index contributed by atoms with van der Waals surface area (Å²) in [6, 6.07) is 0. The summed E-state index contributed by atoms with van der Waals surface area (Å²) >= 11 is 0. The Morgan fingerprint density at radius 3 is 3.08 bits per heavy atom. The summed E-state index contributed by atoms with van der Waals surface area (Å²) in [4.78, 5) is 0. The molecule has 0 aromatic rings. The van der Waals surface area contributed by atoms with Gasteiger partial charge in [-0.3, -0.25) is 0 Å². The van der Waals surface area contributed by atoms with E-state index < -0.39 is 0 Å². The summed E-state index contributed by atoms with van der Waals surface area (Å²) in [5.74, 6) is 0.855. The van der Waals surface area contributed by atoms with Crippen LogP contribution >= 0.6 is 0 Å². The molecule has 2 heteroatoms. The van der Waals surface area contributed by atoms with Crippen molar-refractivity contribution in [3.8, 4) is 0 Å². The van der Waals surface area contributed by atoms with E-state index in [9.17, 15) is 0 Å². The number of hydrogen-bond donors (Lipinski definition) is 1. The average Bonchev–Trinajstić information content (AvgIpc) is 2.55. The van der Waals surface area contributed by atoms with Crippen LogP contribution in [0.1, 0.15) is 26.2 Å². The molecule has 0 bridgehead atoms. The second-order valence-corrected chi connectivity index (χ2v) is 4.22. The Bertz CT molecular complexity index is 152. The lowest BCUT2D eigenvalue weighted by Crippen LogP contribution is -2.45. The van der Waals surface area contributed by atoms with E-state index in [0.29, 0.717) is 5.41 Å². The molecular weight excluding hydrogens is 150 g/mol. The van der Waals surface area contributed by atoms with E-state index in [-0.39, 0.29) is 0 Å². The van der Waals surface area contributed by atoms with Gasteiger partial charge in [-0.1, -0.05) is 13.3 Å². The summed E-state index contributed by atoms with van der Waals surface area (Å²) in [5, 5.41) is 3.48. The zero-order valence-electron chi connectivity index (χ0n) is 7.94. The van der Waals surface area contributed by atoms with Gasteiger partial charge in [0.05, 0.1) is 6.61 Å². The van der Waals surface area contributed by atoms with Crippen LogP contribution in [0.5, 0.6) is 0 Å². The topological polar surface area (TPSA) is 21.3 Å². The lowest BCUT2D eigenvalue weighted by Gasteiger charge is -2.40. The molecule has 1 N–H and O–H groups in total. The molecule has 2 saturated heterocycles. The molecule has 2 fully saturated rings. The van der Waals surface area contributed by atoms with E-state index in [4.69, 9.17) is 4.74 Å². The highest BCUT2D eigenvalue weighted by molar-refractivity contribution is 4.93. The van der Waals surface area contributed by atoms with Crippen LogP contribution in [0.4, 0.5) is 0 Å². The molecule has 12 heavy (non-hydrogen) atoms. The number of nitrogens with one attached hydrogen (secondary N) is 1. The Morgan fingerprint density at radius 1 is 1.50 bits per heavy atom. The average molecular weight is 169 g/mol. The summed E-state index contributed by atoms with van der Waals surface area (Å²) in [6.45, 7) is 6.72. The highest BCUT2D eigenvalue weighted by Crippen LogP contribution is 2.42. The van der Waals surface area contributed by atoms with Gasteiger partial charge in [0.25, 0.3) is 0 Å². The van der Waals surface area contributed by atoms with Gasteiger partial charge in [0, 0.05) is 12.0 Å². The first-order chi connectivity index (χ1) is 5.87. The Balaban J connectivity index is 2.07. The van der Waals surface area contributed by atoms with E-state index in [1.165, 1.54) is 32.4 Å². The molecule has 0 aromatic carbocycles. The number of rotatable bonds is 1. The predicted molar refractivity (Wildman–Crippen MR) is 49.1 cm³/mol. The lowest BCUT2D eigenvalue weighted by molar-refractivity contribution is 0.0747. The molecule has 2 nitrogen and oxygen atoms in total. The van der Waals surface area contributed by atoms with Crippen LogP contribution in [-0.4, -0.2) is 26.3 Å². The number of ether oxygens (including phenoxy) is 1. The third-order valence-electron chi connectivity index (χ3n) is 3.68. The zero-order chi connectivity index (χ0) is 8.44. The van der Waals surface area contributed by atoms with Crippen molar-refractivity contribution in [2.24, 2.45) is 11.3 Å². The van der Waals surface area contributed by atoms with Crippen LogP contribution in [0.2, 0.25) is 0 Å². The molecule has 1 spiro atoms. The van der Waals surface area contributed by atoms with E-state index >= 15 is 0 Å². The van der Waals surface area contributed by atoms with E-state index in [1.54, 1.807) is 0 Å². The van der Waals surface area contributed by atoms with Gasteiger partial charge in [0.1, 0.15) is 0 Å². The quantitative estimate of drug-likeness (QED) is 0.641. The van der Waals surface area contributed by atoms with Crippen LogP contribution in [0, 0.1) is 11.3 Å². The standard InChI is InChI=1S/C10H19NO/c1-2-9-7-11-5-3-10(9)4-6-12-8-10/h9,11H,2-8H2,1H3. The molecule has 0 saturated carbocycles. The fourth-order valence-corrected chi connectivity index (χ4v) is 2.75. The molecule has 2 aliphatic rings. The summed E-state index contributed by atoms with van der Waals surface area (Å²) in [5.41, 5.74) is 0.556. The minimum atomic E-state index is 0.556. The normalized spacial score (nSPS) is 42.2. The van der Waals surface area contributed by atoms with Gasteiger partial charge in [-0.25, -0.2) is 0 Å². The van der Waals surface area contributed by atoms with Gasteiger partial charge < -0.3 is 10.1 Å². The molecule has 70 valence electrons. The molecule has 0 aromatic heterocycles. The van der Waals surface area contributed by atoms with Crippen molar-refractivity contribution in [1.29, 1.82) is 0 Å². The maximum Gasteiger partial charge on any atom is 0.0526 e. The first-order valence-corrected chi connectivity index (χ1v) is 5.16. The van der Waals surface area contributed by atoms with Crippen LogP contribution < -0.4 is 5.32 Å². The van der Waals surface area contributed by atoms with Crippen molar-refractivity contribution in [2.45, 2.75) is 26.2 Å². The molecule has 2 atom stereocenters. The van der Waals surface area contributed by atoms with Crippen LogP contribution in [0.3, 0.4) is 0 Å². The Labute approximate surface area is 74.7 Å². The summed E-state index contributed by atoms with van der Waals surface area (Å²) < 4.78 is 5.54. The molecule has 2 aliphatic heterocycles. The Kier molecular flexibility index (Phi) is 2.37. The summed E-state index contributed by atoms with van der Waals surface area (Å²) in [7, 11) is 0. The first-order valence-electron chi connectivity index (χ1n) is 5.16. The smallest absolute Gasteiger partial charge is 0.0526 e. The van der Waals surface area contributed by atoms with Crippen molar-refractivity contribution in [3.05, 3.63) is 0 Å². The van der Waals surface area contributed by atoms with Crippen LogP contribution in [0.15, 0.2) is 0 Å². The Hall–Kier alpha value is -0.0800. The third-order valence-corrected chi connectivity index (χ3v) is 3.68. The van der Waals surface area contributed by atoms with Crippen molar-refractivity contribution < 1.29 is 4.74 Å². The van der Waals surface area contributed by atoms with E-state index in [2.05, 4.69) is 12.2 Å². The highest BCUT2D eigenvalue weighted by atomic mass is 16.5. The van der Waals surface area contributed by atoms with Gasteiger partial charge in [-0.2, -0.15) is 0 Å². The third kappa shape index (κ3) is 1.27. The van der Waals surface area contributed by atoms with Crippen molar-refractivity contribution in [3.63, 3.8) is 0 Å². The zero-order valence-corrected chi connectivity index (χ0v) is 7.94. The van der Waals surface area contributed by atoms with Crippen molar-refractivity contribution >= 4 is 0 Å². The monoisotopic (exact) mass is 169 g/mol. The minimum Gasteiger partial charge on any atom is -0.381 e. The molecule has 0 aliphatic carbocycles.